The highest BCUT2D eigenvalue weighted by Gasteiger charge is 2.25. The highest BCUT2D eigenvalue weighted by molar-refractivity contribution is 6.31. The molecule has 0 radical (unpaired) electrons. The van der Waals surface area contributed by atoms with Crippen molar-refractivity contribution in [2.75, 3.05) is 0 Å². The largest absolute Gasteiger partial charge is 0.454 e. The Labute approximate surface area is 297 Å². The maximum Gasteiger partial charge on any atom is 0.159 e. The Balaban J connectivity index is 1.30. The van der Waals surface area contributed by atoms with Gasteiger partial charge in [0.05, 0.1) is 38.8 Å². The lowest BCUT2D eigenvalue weighted by Crippen LogP contribution is -1.96. The van der Waals surface area contributed by atoms with Gasteiger partial charge in [-0.1, -0.05) is 115 Å². The summed E-state index contributed by atoms with van der Waals surface area (Å²) in [6.07, 6.45) is 0. The zero-order valence-corrected chi connectivity index (χ0v) is 28.0. The van der Waals surface area contributed by atoms with Gasteiger partial charge in [0.1, 0.15) is 5.58 Å². The van der Waals surface area contributed by atoms with Crippen LogP contribution in [0.3, 0.4) is 0 Å². The quantitative estimate of drug-likeness (QED) is 0.185. The second-order valence-corrected chi connectivity index (χ2v) is 13.7. The van der Waals surface area contributed by atoms with Gasteiger partial charge in [0.25, 0.3) is 0 Å². The van der Waals surface area contributed by atoms with E-state index in [2.05, 4.69) is 184 Å². The summed E-state index contributed by atoms with van der Waals surface area (Å²) in [4.78, 5) is 0. The third-order valence-electron chi connectivity index (χ3n) is 11.0. The van der Waals surface area contributed by atoms with Gasteiger partial charge in [0.15, 0.2) is 5.58 Å². The van der Waals surface area contributed by atoms with Crippen LogP contribution < -0.4 is 0 Å². The molecule has 242 valence electrons. The van der Waals surface area contributed by atoms with Gasteiger partial charge in [-0.15, -0.1) is 0 Å². The van der Waals surface area contributed by atoms with Crippen LogP contribution in [0.2, 0.25) is 0 Å². The number of aromatic nitrogens is 3. The number of furan rings is 1. The molecule has 8 aromatic carbocycles. The van der Waals surface area contributed by atoms with Crippen molar-refractivity contribution in [3.63, 3.8) is 0 Å². The first kappa shape index (κ1) is 27.7. The molecular formula is C48H29N3O. The van der Waals surface area contributed by atoms with E-state index < -0.39 is 0 Å². The monoisotopic (exact) mass is 663 g/mol. The van der Waals surface area contributed by atoms with Gasteiger partial charge in [-0.3, -0.25) is 0 Å². The van der Waals surface area contributed by atoms with Crippen molar-refractivity contribution in [2.24, 2.45) is 0 Å². The van der Waals surface area contributed by atoms with E-state index in [1.54, 1.807) is 0 Å². The molecule has 0 fully saturated rings. The second kappa shape index (κ2) is 10.3. The van der Waals surface area contributed by atoms with Gasteiger partial charge < -0.3 is 18.1 Å². The maximum atomic E-state index is 6.63. The summed E-state index contributed by atoms with van der Waals surface area (Å²) in [5, 5.41) is 9.64. The fourth-order valence-corrected chi connectivity index (χ4v) is 8.95. The fraction of sp³-hybridized carbons (Fsp3) is 0. The number of para-hydroxylation sites is 6. The molecule has 0 unspecified atom stereocenters. The third-order valence-corrected chi connectivity index (χ3v) is 11.0. The van der Waals surface area contributed by atoms with Gasteiger partial charge >= 0.3 is 0 Å². The molecular weight excluding hydrogens is 635 g/mol. The summed E-state index contributed by atoms with van der Waals surface area (Å²) in [6, 6.07) is 63.3. The zero-order chi connectivity index (χ0) is 33.9. The van der Waals surface area contributed by atoms with E-state index in [0.717, 1.165) is 50.0 Å². The van der Waals surface area contributed by atoms with E-state index in [4.69, 9.17) is 4.42 Å². The van der Waals surface area contributed by atoms with Crippen LogP contribution >= 0.6 is 0 Å². The molecule has 4 nitrogen and oxygen atoms in total. The topological polar surface area (TPSA) is 27.9 Å². The first-order chi connectivity index (χ1) is 25.8. The predicted molar refractivity (Wildman–Crippen MR) is 217 cm³/mol. The summed E-state index contributed by atoms with van der Waals surface area (Å²) < 4.78 is 14.0. The summed E-state index contributed by atoms with van der Waals surface area (Å²) >= 11 is 0. The van der Waals surface area contributed by atoms with Gasteiger partial charge in [0, 0.05) is 54.5 Å². The Morgan fingerprint density at radius 3 is 1.46 bits per heavy atom. The molecule has 0 spiro atoms. The first-order valence-corrected chi connectivity index (χ1v) is 17.8. The molecule has 12 rings (SSSR count). The molecule has 0 bridgehead atoms. The van der Waals surface area contributed by atoms with Crippen LogP contribution in [0, 0.1) is 0 Å². The van der Waals surface area contributed by atoms with Crippen molar-refractivity contribution in [3.8, 4) is 17.1 Å². The lowest BCUT2D eigenvalue weighted by molar-refractivity contribution is 0.666. The van der Waals surface area contributed by atoms with Crippen molar-refractivity contribution in [1.29, 1.82) is 0 Å². The lowest BCUT2D eigenvalue weighted by atomic mass is 10.1. The molecule has 4 heteroatoms. The first-order valence-electron chi connectivity index (χ1n) is 17.8. The van der Waals surface area contributed by atoms with Crippen molar-refractivity contribution in [3.05, 3.63) is 176 Å². The molecule has 0 saturated heterocycles. The van der Waals surface area contributed by atoms with E-state index in [1.807, 2.05) is 6.07 Å². The number of rotatable bonds is 3. The van der Waals surface area contributed by atoms with Crippen LogP contribution in [-0.4, -0.2) is 13.7 Å². The normalized spacial score (nSPS) is 12.2. The standard InChI is InChI=1S/C48H29N3O/c1-3-14-30(15-4-1)49-38-22-10-7-19-36(38)44-40(49)28-26-33-34-27-29-41-45(47(34)50(46(33)44)31-16-5-2-6-17-31)37-20-8-11-23-39(37)51(41)42-24-13-21-35-32-18-9-12-25-43(32)52-48(35)42/h1-29H. The Morgan fingerprint density at radius 2 is 0.808 bits per heavy atom. The van der Waals surface area contributed by atoms with Crippen molar-refractivity contribution >= 4 is 87.4 Å². The van der Waals surface area contributed by atoms with Gasteiger partial charge in [0.2, 0.25) is 0 Å². The minimum absolute atomic E-state index is 0.894. The summed E-state index contributed by atoms with van der Waals surface area (Å²) in [6.45, 7) is 0. The molecule has 4 aromatic heterocycles. The molecule has 0 aliphatic rings. The molecule has 0 atom stereocenters. The fourth-order valence-electron chi connectivity index (χ4n) is 8.95. The predicted octanol–water partition coefficient (Wildman–Crippen LogP) is 12.9. The molecule has 12 aromatic rings. The Kier molecular flexibility index (Phi) is 5.47. The third kappa shape index (κ3) is 3.55. The van der Waals surface area contributed by atoms with Gasteiger partial charge in [-0.2, -0.15) is 0 Å². The zero-order valence-electron chi connectivity index (χ0n) is 28.0. The minimum atomic E-state index is 0.894. The average Bonchev–Trinajstić information content (AvgIpc) is 3.94. The van der Waals surface area contributed by atoms with Crippen LogP contribution in [0.5, 0.6) is 0 Å². The van der Waals surface area contributed by atoms with Crippen LogP contribution in [0.1, 0.15) is 0 Å². The number of hydrogen-bond donors (Lipinski definition) is 0. The van der Waals surface area contributed by atoms with Crippen molar-refractivity contribution in [1.82, 2.24) is 13.7 Å². The number of benzene rings is 8. The molecule has 4 heterocycles. The minimum Gasteiger partial charge on any atom is -0.454 e. The Hall–Kier alpha value is -7.04. The highest BCUT2D eigenvalue weighted by atomic mass is 16.3. The van der Waals surface area contributed by atoms with E-state index in [9.17, 15) is 0 Å². The number of hydrogen-bond acceptors (Lipinski definition) is 1. The lowest BCUT2D eigenvalue weighted by Gasteiger charge is -2.11. The molecule has 0 N–H and O–H groups in total. The van der Waals surface area contributed by atoms with E-state index in [0.29, 0.717) is 0 Å². The van der Waals surface area contributed by atoms with Gasteiger partial charge in [-0.25, -0.2) is 0 Å². The molecule has 0 saturated carbocycles. The second-order valence-electron chi connectivity index (χ2n) is 13.7. The summed E-state index contributed by atoms with van der Waals surface area (Å²) in [5.74, 6) is 0. The van der Waals surface area contributed by atoms with Crippen molar-refractivity contribution < 1.29 is 4.42 Å². The molecule has 0 aliphatic carbocycles. The van der Waals surface area contributed by atoms with Crippen LogP contribution in [0.25, 0.3) is 104 Å². The van der Waals surface area contributed by atoms with Crippen molar-refractivity contribution in [2.45, 2.75) is 0 Å². The molecule has 0 amide bonds. The molecule has 52 heavy (non-hydrogen) atoms. The molecule has 0 aliphatic heterocycles. The average molecular weight is 664 g/mol. The summed E-state index contributed by atoms with van der Waals surface area (Å²) in [7, 11) is 0. The van der Waals surface area contributed by atoms with E-state index in [1.165, 1.54) is 54.4 Å². The SMILES string of the molecule is c1ccc(-n2c3ccccc3c3c2ccc2c4ccc5c(c6ccccc6n5-c5cccc6c5oc5ccccc56)c4n(-c4ccccc4)c23)cc1. The number of nitrogens with zero attached hydrogens (tertiary/aromatic N) is 3. The Bertz CT molecular complexity index is 3390. The summed E-state index contributed by atoms with van der Waals surface area (Å²) in [5.41, 5.74) is 12.2. The smallest absolute Gasteiger partial charge is 0.159 e. The van der Waals surface area contributed by atoms with Crippen LogP contribution in [-0.2, 0) is 0 Å². The Morgan fingerprint density at radius 1 is 0.308 bits per heavy atom. The van der Waals surface area contributed by atoms with E-state index >= 15 is 0 Å². The maximum absolute atomic E-state index is 6.63. The van der Waals surface area contributed by atoms with Gasteiger partial charge in [-0.05, 0) is 60.7 Å². The van der Waals surface area contributed by atoms with E-state index in [-0.39, 0.29) is 0 Å². The number of fused-ring (bicyclic) bond motifs is 14. The van der Waals surface area contributed by atoms with Crippen LogP contribution in [0.4, 0.5) is 0 Å². The van der Waals surface area contributed by atoms with Crippen LogP contribution in [0.15, 0.2) is 180 Å². The highest BCUT2D eigenvalue weighted by Crippen LogP contribution is 2.46.